The number of aryl methyl sites for hydroxylation is 1. The topological polar surface area (TPSA) is 49.3 Å². The minimum atomic E-state index is -0.127. The molecule has 164 valence electrons. The zero-order chi connectivity index (χ0) is 21.4. The van der Waals surface area contributed by atoms with E-state index in [-0.39, 0.29) is 11.7 Å². The van der Waals surface area contributed by atoms with Crippen LogP contribution in [0.25, 0.3) is 0 Å². The Morgan fingerprint density at radius 3 is 1.73 bits per heavy atom. The van der Waals surface area contributed by atoms with Crippen LogP contribution < -0.4 is 5.32 Å². The summed E-state index contributed by atoms with van der Waals surface area (Å²) in [7, 11) is 0. The molecular weight excluding hydrogens is 370 g/mol. The summed E-state index contributed by atoms with van der Waals surface area (Å²) in [4.78, 5) is 12.3. The molecule has 2 rings (SSSR count). The SMILES string of the molecule is CCCCCCCCCCCCCCc1ccc(C(=O)Nc2ccc(O)cc2)cc1. The quantitative estimate of drug-likeness (QED) is 0.232. The summed E-state index contributed by atoms with van der Waals surface area (Å²) < 4.78 is 0. The highest BCUT2D eigenvalue weighted by Crippen LogP contribution is 2.16. The Morgan fingerprint density at radius 1 is 0.700 bits per heavy atom. The van der Waals surface area contributed by atoms with Gasteiger partial charge >= 0.3 is 0 Å². The van der Waals surface area contributed by atoms with Crippen LogP contribution >= 0.6 is 0 Å². The van der Waals surface area contributed by atoms with Crippen LogP contribution in [0.1, 0.15) is 99.9 Å². The van der Waals surface area contributed by atoms with Crippen molar-refractivity contribution >= 4 is 11.6 Å². The Morgan fingerprint density at radius 2 is 1.20 bits per heavy atom. The lowest BCUT2D eigenvalue weighted by Gasteiger charge is -2.07. The fourth-order valence-corrected chi connectivity index (χ4v) is 3.74. The Kier molecular flexibility index (Phi) is 11.7. The van der Waals surface area contributed by atoms with Gasteiger partial charge in [-0.15, -0.1) is 0 Å². The maximum atomic E-state index is 12.3. The molecule has 0 aliphatic carbocycles. The molecule has 0 aromatic heterocycles. The molecule has 0 radical (unpaired) electrons. The van der Waals surface area contributed by atoms with Gasteiger partial charge in [0.2, 0.25) is 0 Å². The molecule has 1 amide bonds. The van der Waals surface area contributed by atoms with E-state index in [0.29, 0.717) is 11.3 Å². The lowest BCUT2D eigenvalue weighted by molar-refractivity contribution is 0.102. The molecule has 0 saturated carbocycles. The summed E-state index contributed by atoms with van der Waals surface area (Å²) in [6.07, 6.45) is 17.5. The predicted octanol–water partition coefficient (Wildman–Crippen LogP) is 7.89. The van der Waals surface area contributed by atoms with E-state index in [1.807, 2.05) is 12.1 Å². The molecule has 30 heavy (non-hydrogen) atoms. The minimum absolute atomic E-state index is 0.127. The van der Waals surface area contributed by atoms with Gasteiger partial charge in [0, 0.05) is 11.3 Å². The molecule has 0 saturated heterocycles. The van der Waals surface area contributed by atoms with Gasteiger partial charge < -0.3 is 10.4 Å². The molecule has 0 fully saturated rings. The number of anilines is 1. The Hall–Kier alpha value is -2.29. The van der Waals surface area contributed by atoms with Gasteiger partial charge in [-0.3, -0.25) is 4.79 Å². The Bertz CT molecular complexity index is 707. The van der Waals surface area contributed by atoms with E-state index >= 15 is 0 Å². The Labute approximate surface area is 182 Å². The van der Waals surface area contributed by atoms with Crippen molar-refractivity contribution in [2.75, 3.05) is 5.32 Å². The van der Waals surface area contributed by atoms with Crippen molar-refractivity contribution in [1.82, 2.24) is 0 Å². The number of benzene rings is 2. The van der Waals surface area contributed by atoms with Gasteiger partial charge in [0.1, 0.15) is 5.75 Å². The van der Waals surface area contributed by atoms with Crippen LogP contribution in [0.3, 0.4) is 0 Å². The summed E-state index contributed by atoms with van der Waals surface area (Å²) in [6.45, 7) is 2.27. The summed E-state index contributed by atoms with van der Waals surface area (Å²) in [6, 6.07) is 14.4. The highest BCUT2D eigenvalue weighted by molar-refractivity contribution is 6.04. The monoisotopic (exact) mass is 409 g/mol. The molecule has 2 aromatic carbocycles. The zero-order valence-corrected chi connectivity index (χ0v) is 18.7. The van der Waals surface area contributed by atoms with E-state index < -0.39 is 0 Å². The third-order valence-electron chi connectivity index (χ3n) is 5.66. The first kappa shape index (κ1) is 24.0. The number of unbranched alkanes of at least 4 members (excludes halogenated alkanes) is 11. The number of phenolic OH excluding ortho intramolecular Hbond substituents is 1. The third-order valence-corrected chi connectivity index (χ3v) is 5.66. The molecule has 2 N–H and O–H groups in total. The van der Waals surface area contributed by atoms with Crippen molar-refractivity contribution in [1.29, 1.82) is 0 Å². The number of aromatic hydroxyl groups is 1. The van der Waals surface area contributed by atoms with Gasteiger partial charge in [-0.2, -0.15) is 0 Å². The van der Waals surface area contributed by atoms with Gasteiger partial charge in [-0.25, -0.2) is 0 Å². The maximum absolute atomic E-state index is 12.3. The average molecular weight is 410 g/mol. The van der Waals surface area contributed by atoms with E-state index in [0.717, 1.165) is 6.42 Å². The molecule has 0 aliphatic rings. The Balaban J connectivity index is 1.53. The number of carbonyl (C=O) groups is 1. The second-order valence-electron chi connectivity index (χ2n) is 8.34. The van der Waals surface area contributed by atoms with Crippen LogP contribution in [-0.2, 0) is 6.42 Å². The van der Waals surface area contributed by atoms with Gasteiger partial charge in [-0.1, -0.05) is 89.7 Å². The molecule has 3 nitrogen and oxygen atoms in total. The summed E-state index contributed by atoms with van der Waals surface area (Å²) in [5, 5.41) is 12.2. The second kappa shape index (κ2) is 14.7. The maximum Gasteiger partial charge on any atom is 0.255 e. The van der Waals surface area contributed by atoms with Gasteiger partial charge in [0.25, 0.3) is 5.91 Å². The smallest absolute Gasteiger partial charge is 0.255 e. The minimum Gasteiger partial charge on any atom is -0.508 e. The first-order valence-electron chi connectivity index (χ1n) is 11.9. The highest BCUT2D eigenvalue weighted by Gasteiger charge is 2.06. The van der Waals surface area contributed by atoms with Crippen molar-refractivity contribution in [3.63, 3.8) is 0 Å². The van der Waals surface area contributed by atoms with Crippen molar-refractivity contribution in [2.24, 2.45) is 0 Å². The first-order chi connectivity index (χ1) is 14.7. The zero-order valence-electron chi connectivity index (χ0n) is 18.7. The van der Waals surface area contributed by atoms with Crippen molar-refractivity contribution < 1.29 is 9.90 Å². The molecule has 0 atom stereocenters. The first-order valence-corrected chi connectivity index (χ1v) is 11.9. The molecule has 0 heterocycles. The van der Waals surface area contributed by atoms with Crippen LogP contribution in [0.2, 0.25) is 0 Å². The highest BCUT2D eigenvalue weighted by atomic mass is 16.3. The standard InChI is InChI=1S/C27H39NO2/c1-2-3-4-5-6-7-8-9-10-11-12-13-14-23-15-17-24(18-16-23)27(30)28-25-19-21-26(29)22-20-25/h15-22,29H,2-14H2,1H3,(H,28,30). The number of nitrogens with one attached hydrogen (secondary N) is 1. The van der Waals surface area contributed by atoms with Crippen molar-refractivity contribution in [3.05, 3.63) is 59.7 Å². The van der Waals surface area contributed by atoms with Crippen LogP contribution in [0, 0.1) is 0 Å². The normalized spacial score (nSPS) is 10.8. The molecular formula is C27H39NO2. The van der Waals surface area contributed by atoms with Crippen LogP contribution in [-0.4, -0.2) is 11.0 Å². The largest absolute Gasteiger partial charge is 0.508 e. The number of rotatable bonds is 15. The van der Waals surface area contributed by atoms with E-state index in [2.05, 4.69) is 24.4 Å². The number of hydrogen-bond acceptors (Lipinski definition) is 2. The van der Waals surface area contributed by atoms with Crippen LogP contribution in [0.4, 0.5) is 5.69 Å². The van der Waals surface area contributed by atoms with E-state index in [4.69, 9.17) is 0 Å². The molecule has 0 unspecified atom stereocenters. The summed E-state index contributed by atoms with van der Waals surface area (Å²) in [5.74, 6) is 0.0627. The second-order valence-corrected chi connectivity index (χ2v) is 8.34. The van der Waals surface area contributed by atoms with E-state index in [1.54, 1.807) is 24.3 Å². The van der Waals surface area contributed by atoms with E-state index in [1.165, 1.54) is 82.6 Å². The number of hydrogen-bond donors (Lipinski definition) is 2. The number of phenols is 1. The van der Waals surface area contributed by atoms with E-state index in [9.17, 15) is 9.90 Å². The third kappa shape index (κ3) is 9.96. The van der Waals surface area contributed by atoms with Gasteiger partial charge in [0.15, 0.2) is 0 Å². The number of amides is 1. The fraction of sp³-hybridized carbons (Fsp3) is 0.519. The molecule has 2 aromatic rings. The van der Waals surface area contributed by atoms with Gasteiger partial charge in [0.05, 0.1) is 0 Å². The lowest BCUT2D eigenvalue weighted by atomic mass is 10.0. The lowest BCUT2D eigenvalue weighted by Crippen LogP contribution is -2.11. The average Bonchev–Trinajstić information content (AvgIpc) is 2.76. The molecule has 0 spiro atoms. The number of carbonyl (C=O) groups excluding carboxylic acids is 1. The van der Waals surface area contributed by atoms with Crippen molar-refractivity contribution in [3.8, 4) is 5.75 Å². The molecule has 0 aliphatic heterocycles. The van der Waals surface area contributed by atoms with Crippen molar-refractivity contribution in [2.45, 2.75) is 90.4 Å². The fourth-order valence-electron chi connectivity index (χ4n) is 3.74. The van der Waals surface area contributed by atoms with Crippen LogP contribution in [0.5, 0.6) is 5.75 Å². The van der Waals surface area contributed by atoms with Gasteiger partial charge in [-0.05, 0) is 54.8 Å². The molecule has 0 bridgehead atoms. The summed E-state index contributed by atoms with van der Waals surface area (Å²) >= 11 is 0. The predicted molar refractivity (Wildman–Crippen MR) is 127 cm³/mol. The summed E-state index contributed by atoms with van der Waals surface area (Å²) in [5.41, 5.74) is 2.63. The molecule has 3 heteroatoms. The van der Waals surface area contributed by atoms with Crippen LogP contribution in [0.15, 0.2) is 48.5 Å².